The number of halogens is 1. The van der Waals surface area contributed by atoms with E-state index in [2.05, 4.69) is 28.2 Å². The molecule has 10 nitrogen and oxygen atoms in total. The molecule has 12 heteroatoms. The zero-order valence-electron chi connectivity index (χ0n) is 22.6. The van der Waals surface area contributed by atoms with E-state index >= 15 is 0 Å². The van der Waals surface area contributed by atoms with Crippen LogP contribution in [0.1, 0.15) is 52.4 Å². The van der Waals surface area contributed by atoms with Gasteiger partial charge in [0.2, 0.25) is 0 Å². The van der Waals surface area contributed by atoms with Crippen LogP contribution in [0, 0.1) is 5.41 Å². The number of fused-ring (bicyclic) bond motifs is 1. The van der Waals surface area contributed by atoms with Crippen molar-refractivity contribution in [1.29, 1.82) is 0 Å². The highest BCUT2D eigenvalue weighted by Crippen LogP contribution is 2.46. The molecule has 1 amide bonds. The molecule has 0 spiro atoms. The summed E-state index contributed by atoms with van der Waals surface area (Å²) in [6.45, 7) is 4.03. The van der Waals surface area contributed by atoms with Crippen LogP contribution in [-0.2, 0) is 24.2 Å². The van der Waals surface area contributed by atoms with Crippen molar-refractivity contribution in [3.8, 4) is 5.75 Å². The van der Waals surface area contributed by atoms with Gasteiger partial charge in [-0.05, 0) is 53.4 Å². The van der Waals surface area contributed by atoms with E-state index in [4.69, 9.17) is 9.84 Å². The first-order valence-corrected chi connectivity index (χ1v) is 15.6. The number of amides is 1. The Balaban J connectivity index is 1.95. The van der Waals surface area contributed by atoms with E-state index in [0.29, 0.717) is 23.1 Å². The minimum Gasteiger partial charge on any atom is -0.483 e. The summed E-state index contributed by atoms with van der Waals surface area (Å²) in [5, 5.41) is 20.4. The first-order chi connectivity index (χ1) is 18.9. The lowest BCUT2D eigenvalue weighted by atomic mass is 9.81. The Bertz CT molecular complexity index is 1340. The summed E-state index contributed by atoms with van der Waals surface area (Å²) in [7, 11) is -3.77. The fourth-order valence-corrected chi connectivity index (χ4v) is 7.50. The standard InChI is InChI=1S/C28H35BrN2O8S/c1-3-5-13-28(4-2)17-31(19-9-7-6-8-10-19)22-14-20(29)23(15-24(22)40(37,38)18-28)39-16-25(32)30-21(27(35)36)11-12-26(33)34/h6-10,14-15,21H,3-5,11-13,16-18H2,1-2H3,(H,30,32)(H,33,34)(H,35,36). The summed E-state index contributed by atoms with van der Waals surface area (Å²) in [4.78, 5) is 36.7. The van der Waals surface area contributed by atoms with Gasteiger partial charge in [-0.25, -0.2) is 13.2 Å². The van der Waals surface area contributed by atoms with Gasteiger partial charge in [-0.1, -0.05) is 44.9 Å². The highest BCUT2D eigenvalue weighted by Gasteiger charge is 2.42. The van der Waals surface area contributed by atoms with Gasteiger partial charge in [0.1, 0.15) is 11.8 Å². The number of hydrogen-bond acceptors (Lipinski definition) is 7. The third-order valence-electron chi connectivity index (χ3n) is 7.15. The van der Waals surface area contributed by atoms with Crippen molar-refractivity contribution >= 4 is 55.0 Å². The summed E-state index contributed by atoms with van der Waals surface area (Å²) >= 11 is 3.45. The van der Waals surface area contributed by atoms with Gasteiger partial charge in [-0.15, -0.1) is 0 Å². The highest BCUT2D eigenvalue weighted by atomic mass is 79.9. The van der Waals surface area contributed by atoms with E-state index in [9.17, 15) is 27.9 Å². The Kier molecular flexibility index (Phi) is 10.6. The number of para-hydroxylation sites is 1. The lowest BCUT2D eigenvalue weighted by Crippen LogP contribution is -2.43. The minimum absolute atomic E-state index is 0.0295. The molecule has 0 aromatic heterocycles. The molecular weight excluding hydrogens is 604 g/mol. The molecular formula is C28H35BrN2O8S. The number of ether oxygens (including phenoxy) is 1. The summed E-state index contributed by atoms with van der Waals surface area (Å²) in [6, 6.07) is 11.3. The topological polar surface area (TPSA) is 150 Å². The van der Waals surface area contributed by atoms with E-state index in [-0.39, 0.29) is 22.8 Å². The number of anilines is 2. The van der Waals surface area contributed by atoms with Gasteiger partial charge < -0.3 is 25.2 Å². The zero-order valence-corrected chi connectivity index (χ0v) is 25.0. The number of nitrogens with zero attached hydrogens (tertiary/aromatic N) is 1. The van der Waals surface area contributed by atoms with E-state index in [0.717, 1.165) is 24.9 Å². The fraction of sp³-hybridized carbons (Fsp3) is 0.464. The van der Waals surface area contributed by atoms with Crippen molar-refractivity contribution in [2.45, 2.75) is 63.3 Å². The number of hydrogen-bond donors (Lipinski definition) is 3. The summed E-state index contributed by atoms with van der Waals surface area (Å²) in [5.41, 5.74) is 0.885. The number of nitrogens with one attached hydrogen (secondary N) is 1. The second-order valence-corrected chi connectivity index (χ2v) is 12.9. The Morgan fingerprint density at radius 1 is 1.15 bits per heavy atom. The van der Waals surface area contributed by atoms with Crippen molar-refractivity contribution in [1.82, 2.24) is 5.32 Å². The van der Waals surface area contributed by atoms with Crippen LogP contribution >= 0.6 is 15.9 Å². The maximum absolute atomic E-state index is 13.9. The molecule has 2 aromatic carbocycles. The maximum Gasteiger partial charge on any atom is 0.326 e. The minimum atomic E-state index is -3.77. The Morgan fingerprint density at radius 3 is 2.45 bits per heavy atom. The molecule has 3 rings (SSSR count). The molecule has 0 saturated heterocycles. The van der Waals surface area contributed by atoms with Crippen molar-refractivity contribution in [3.63, 3.8) is 0 Å². The molecule has 2 aromatic rings. The van der Waals surface area contributed by atoms with Crippen molar-refractivity contribution in [2.75, 3.05) is 23.8 Å². The van der Waals surface area contributed by atoms with Crippen LogP contribution in [0.3, 0.4) is 0 Å². The molecule has 1 heterocycles. The second-order valence-electron chi connectivity index (χ2n) is 10.1. The van der Waals surface area contributed by atoms with E-state index < -0.39 is 52.2 Å². The zero-order chi connectivity index (χ0) is 29.5. The fourth-order valence-electron chi connectivity index (χ4n) is 4.88. The Labute approximate surface area is 242 Å². The largest absolute Gasteiger partial charge is 0.483 e. The van der Waals surface area contributed by atoms with Gasteiger partial charge in [0.05, 0.1) is 20.8 Å². The number of carboxylic acids is 2. The van der Waals surface area contributed by atoms with E-state index in [1.807, 2.05) is 42.2 Å². The van der Waals surface area contributed by atoms with Crippen molar-refractivity contribution < 1.29 is 37.8 Å². The third-order valence-corrected chi connectivity index (χ3v) is 9.76. The van der Waals surface area contributed by atoms with Crippen molar-refractivity contribution in [3.05, 3.63) is 46.9 Å². The van der Waals surface area contributed by atoms with Gasteiger partial charge in [0.25, 0.3) is 5.91 Å². The van der Waals surface area contributed by atoms with Crippen molar-refractivity contribution in [2.24, 2.45) is 5.41 Å². The number of unbranched alkanes of at least 4 members (excludes halogenated alkanes) is 1. The smallest absolute Gasteiger partial charge is 0.326 e. The van der Waals surface area contributed by atoms with Gasteiger partial charge in [-0.2, -0.15) is 0 Å². The molecule has 0 fully saturated rings. The van der Waals surface area contributed by atoms with Crippen LogP contribution in [0.25, 0.3) is 0 Å². The number of benzene rings is 2. The SMILES string of the molecule is CCCCC1(CC)CN(c2ccccc2)c2cc(Br)c(OCC(=O)NC(CCC(=O)O)C(=O)O)cc2S(=O)(=O)C1. The number of aliphatic carboxylic acids is 2. The van der Waals surface area contributed by atoms with Crippen LogP contribution in [-0.4, -0.2) is 61.4 Å². The molecule has 3 N–H and O–H groups in total. The molecule has 0 aliphatic carbocycles. The second kappa shape index (κ2) is 13.5. The summed E-state index contributed by atoms with van der Waals surface area (Å²) in [5.74, 6) is -3.25. The van der Waals surface area contributed by atoms with Gasteiger partial charge >= 0.3 is 11.9 Å². The summed E-state index contributed by atoms with van der Waals surface area (Å²) in [6.07, 6.45) is 2.57. The van der Waals surface area contributed by atoms with Crippen LogP contribution in [0.5, 0.6) is 5.75 Å². The first-order valence-electron chi connectivity index (χ1n) is 13.2. The molecule has 0 bridgehead atoms. The number of carbonyl (C=O) groups excluding carboxylic acids is 1. The molecule has 1 aliphatic heterocycles. The molecule has 40 heavy (non-hydrogen) atoms. The number of sulfone groups is 1. The lowest BCUT2D eigenvalue weighted by molar-refractivity contribution is -0.143. The predicted molar refractivity (Wildman–Crippen MR) is 154 cm³/mol. The third kappa shape index (κ3) is 7.75. The van der Waals surface area contributed by atoms with Crippen LogP contribution in [0.15, 0.2) is 51.8 Å². The Hall–Kier alpha value is -3.12. The quantitative estimate of drug-likeness (QED) is 0.282. The molecule has 0 radical (unpaired) electrons. The number of rotatable bonds is 13. The van der Waals surface area contributed by atoms with Gasteiger partial charge in [-0.3, -0.25) is 9.59 Å². The Morgan fingerprint density at radius 2 is 1.85 bits per heavy atom. The average Bonchev–Trinajstić information content (AvgIpc) is 3.00. The number of carbonyl (C=O) groups is 3. The molecule has 2 atom stereocenters. The average molecular weight is 640 g/mol. The van der Waals surface area contributed by atoms with Crippen LogP contribution in [0.2, 0.25) is 0 Å². The highest BCUT2D eigenvalue weighted by molar-refractivity contribution is 9.10. The maximum atomic E-state index is 13.9. The number of carboxylic acid groups (broad SMARTS) is 2. The molecule has 1 aliphatic rings. The lowest BCUT2D eigenvalue weighted by Gasteiger charge is -2.36. The molecule has 218 valence electrons. The van der Waals surface area contributed by atoms with Gasteiger partial charge in [0.15, 0.2) is 16.4 Å². The molecule has 2 unspecified atom stereocenters. The van der Waals surface area contributed by atoms with Crippen LogP contribution in [0.4, 0.5) is 11.4 Å². The first kappa shape index (κ1) is 31.4. The molecule has 0 saturated carbocycles. The normalized spacial score (nSPS) is 18.7. The van der Waals surface area contributed by atoms with E-state index in [1.54, 1.807) is 6.07 Å². The predicted octanol–water partition coefficient (Wildman–Crippen LogP) is 4.77. The summed E-state index contributed by atoms with van der Waals surface area (Å²) < 4.78 is 33.8. The van der Waals surface area contributed by atoms with Crippen LogP contribution < -0.4 is 15.0 Å². The van der Waals surface area contributed by atoms with Gasteiger partial charge in [0, 0.05) is 30.1 Å². The van der Waals surface area contributed by atoms with E-state index in [1.165, 1.54) is 6.07 Å². The monoisotopic (exact) mass is 638 g/mol.